The summed E-state index contributed by atoms with van der Waals surface area (Å²) in [6.45, 7) is 0.207. The van der Waals surface area contributed by atoms with Crippen molar-refractivity contribution in [3.8, 4) is 0 Å². The van der Waals surface area contributed by atoms with E-state index in [1.807, 2.05) is 0 Å². The van der Waals surface area contributed by atoms with E-state index in [9.17, 15) is 5.11 Å². The molecule has 0 saturated carbocycles. The lowest BCUT2D eigenvalue weighted by molar-refractivity contribution is 0.172. The molecule has 2 atom stereocenters. The van der Waals surface area contributed by atoms with Crippen molar-refractivity contribution in [1.29, 1.82) is 0 Å². The van der Waals surface area contributed by atoms with E-state index in [0.29, 0.717) is 0 Å². The van der Waals surface area contributed by atoms with Crippen LogP contribution in [0.15, 0.2) is 11.4 Å². The highest BCUT2D eigenvalue weighted by Crippen LogP contribution is 2.36. The predicted octanol–water partition coefficient (Wildman–Crippen LogP) is -0.436. The van der Waals surface area contributed by atoms with Crippen LogP contribution in [0.4, 0.5) is 0 Å². The zero-order chi connectivity index (χ0) is 7.14. The minimum Gasteiger partial charge on any atom is -0.396 e. The lowest BCUT2D eigenvalue weighted by atomic mass is 9.95. The molecule has 1 aliphatic heterocycles. The summed E-state index contributed by atoms with van der Waals surface area (Å²) in [6, 6.07) is 0. The molecule has 1 aliphatic carbocycles. The van der Waals surface area contributed by atoms with Gasteiger partial charge in [-0.1, -0.05) is 0 Å². The molecule has 56 valence electrons. The Balaban J connectivity index is 2.11. The molecule has 2 unspecified atom stereocenters. The van der Waals surface area contributed by atoms with E-state index in [-0.39, 0.29) is 18.6 Å². The van der Waals surface area contributed by atoms with Gasteiger partial charge in [-0.05, 0) is 12.8 Å². The molecule has 0 saturated heterocycles. The van der Waals surface area contributed by atoms with Gasteiger partial charge >= 0.3 is 0 Å². The van der Waals surface area contributed by atoms with E-state index in [0.717, 1.165) is 24.2 Å². The molecule has 3 heteroatoms. The molecule has 10 heavy (non-hydrogen) atoms. The summed E-state index contributed by atoms with van der Waals surface area (Å²) < 4.78 is 0. The third-order valence-electron chi connectivity index (χ3n) is 2.25. The number of aliphatic hydroxyl groups excluding tert-OH is 2. The fourth-order valence-corrected chi connectivity index (χ4v) is 1.53. The molecule has 0 aromatic rings. The molecule has 3 nitrogen and oxygen atoms in total. The molecular formula is C7H11NO2. The van der Waals surface area contributed by atoms with Gasteiger partial charge in [0, 0.05) is 11.6 Å². The van der Waals surface area contributed by atoms with Gasteiger partial charge in [0.1, 0.15) is 0 Å². The Morgan fingerprint density at radius 2 is 2.20 bits per heavy atom. The van der Waals surface area contributed by atoms with Crippen LogP contribution in [0.2, 0.25) is 0 Å². The Morgan fingerprint density at radius 3 is 2.90 bits per heavy atom. The molecule has 0 amide bonds. The number of hydrogen-bond acceptors (Lipinski definition) is 3. The van der Waals surface area contributed by atoms with Crippen molar-refractivity contribution in [2.45, 2.75) is 18.9 Å². The minimum atomic E-state index is -0.280. The maximum absolute atomic E-state index is 9.23. The summed E-state index contributed by atoms with van der Waals surface area (Å²) in [5.41, 5.74) is 2.05. The molecule has 3 N–H and O–H groups in total. The highest BCUT2D eigenvalue weighted by molar-refractivity contribution is 5.37. The molecule has 1 heterocycles. The van der Waals surface area contributed by atoms with E-state index >= 15 is 0 Å². The van der Waals surface area contributed by atoms with Crippen LogP contribution in [0.25, 0.3) is 0 Å². The van der Waals surface area contributed by atoms with Crippen molar-refractivity contribution < 1.29 is 10.2 Å². The quantitative estimate of drug-likeness (QED) is 0.464. The van der Waals surface area contributed by atoms with E-state index in [1.165, 1.54) is 0 Å². The molecule has 0 aromatic heterocycles. The van der Waals surface area contributed by atoms with Crippen LogP contribution < -0.4 is 5.32 Å². The van der Waals surface area contributed by atoms with Crippen molar-refractivity contribution in [2.75, 3.05) is 6.61 Å². The highest BCUT2D eigenvalue weighted by atomic mass is 16.3. The van der Waals surface area contributed by atoms with Gasteiger partial charge in [-0.25, -0.2) is 0 Å². The number of rotatable bonds is 1. The van der Waals surface area contributed by atoms with Crippen LogP contribution in [-0.2, 0) is 0 Å². The van der Waals surface area contributed by atoms with Crippen LogP contribution in [0, 0.1) is 5.92 Å². The average molecular weight is 141 g/mol. The summed E-state index contributed by atoms with van der Waals surface area (Å²) in [5.74, 6) is 0.276. The Bertz CT molecular complexity index is 188. The van der Waals surface area contributed by atoms with Gasteiger partial charge in [0.15, 0.2) is 0 Å². The first-order valence-corrected chi connectivity index (χ1v) is 3.63. The largest absolute Gasteiger partial charge is 0.396 e. The standard InChI is InChI=1S/C7H11NO2/c9-3-4-1-2-5(10)7-6(4)8-7/h4-5,8-10H,1-3H2. The molecule has 2 rings (SSSR count). The van der Waals surface area contributed by atoms with E-state index < -0.39 is 0 Å². The van der Waals surface area contributed by atoms with Crippen LogP contribution in [0.5, 0.6) is 0 Å². The van der Waals surface area contributed by atoms with Gasteiger partial charge in [-0.3, -0.25) is 0 Å². The molecule has 0 fully saturated rings. The van der Waals surface area contributed by atoms with Gasteiger partial charge in [-0.2, -0.15) is 0 Å². The molecule has 2 aliphatic rings. The molecule has 0 radical (unpaired) electrons. The normalized spacial score (nSPS) is 37.0. The lowest BCUT2D eigenvalue weighted by Crippen LogP contribution is -2.14. The second kappa shape index (κ2) is 1.97. The first-order chi connectivity index (χ1) is 4.83. The summed E-state index contributed by atoms with van der Waals surface area (Å²) in [7, 11) is 0. The summed E-state index contributed by atoms with van der Waals surface area (Å²) >= 11 is 0. The average Bonchev–Trinajstić information content (AvgIpc) is 2.68. The third-order valence-corrected chi connectivity index (χ3v) is 2.25. The lowest BCUT2D eigenvalue weighted by Gasteiger charge is -2.13. The minimum absolute atomic E-state index is 0.207. The van der Waals surface area contributed by atoms with Crippen molar-refractivity contribution in [3.05, 3.63) is 11.4 Å². The van der Waals surface area contributed by atoms with E-state index in [4.69, 9.17) is 5.11 Å². The van der Waals surface area contributed by atoms with Crippen LogP contribution in [0.1, 0.15) is 12.8 Å². The predicted molar refractivity (Wildman–Crippen MR) is 36.0 cm³/mol. The monoisotopic (exact) mass is 141 g/mol. The van der Waals surface area contributed by atoms with Crippen molar-refractivity contribution in [2.24, 2.45) is 5.92 Å². The van der Waals surface area contributed by atoms with Crippen molar-refractivity contribution in [3.63, 3.8) is 0 Å². The number of nitrogens with one attached hydrogen (secondary N) is 1. The molecule has 0 aromatic carbocycles. The zero-order valence-electron chi connectivity index (χ0n) is 5.67. The van der Waals surface area contributed by atoms with Crippen LogP contribution in [0.3, 0.4) is 0 Å². The first kappa shape index (κ1) is 6.19. The maximum Gasteiger partial charge on any atom is 0.0955 e. The van der Waals surface area contributed by atoms with Gasteiger partial charge in [-0.15, -0.1) is 0 Å². The molecule has 0 bridgehead atoms. The van der Waals surface area contributed by atoms with Crippen molar-refractivity contribution >= 4 is 0 Å². The Labute approximate surface area is 59.4 Å². The Morgan fingerprint density at radius 1 is 1.40 bits per heavy atom. The van der Waals surface area contributed by atoms with Crippen LogP contribution >= 0.6 is 0 Å². The van der Waals surface area contributed by atoms with Gasteiger partial charge < -0.3 is 15.5 Å². The SMILES string of the molecule is OCC1CCC(O)C2=C1N2. The topological polar surface area (TPSA) is 62.4 Å². The fraction of sp³-hybridized carbons (Fsp3) is 0.714. The summed E-state index contributed by atoms with van der Waals surface area (Å²) in [5, 5.41) is 21.1. The van der Waals surface area contributed by atoms with E-state index in [2.05, 4.69) is 5.32 Å². The highest BCUT2D eigenvalue weighted by Gasteiger charge is 2.37. The maximum atomic E-state index is 9.23. The summed E-state index contributed by atoms with van der Waals surface area (Å²) in [6.07, 6.45) is 1.42. The van der Waals surface area contributed by atoms with Gasteiger partial charge in [0.2, 0.25) is 0 Å². The first-order valence-electron chi connectivity index (χ1n) is 3.63. The Hall–Kier alpha value is -0.540. The van der Waals surface area contributed by atoms with Gasteiger partial charge in [0.05, 0.1) is 18.4 Å². The van der Waals surface area contributed by atoms with Crippen LogP contribution in [-0.4, -0.2) is 22.9 Å². The second-order valence-corrected chi connectivity index (χ2v) is 2.92. The van der Waals surface area contributed by atoms with Crippen molar-refractivity contribution in [1.82, 2.24) is 5.32 Å². The van der Waals surface area contributed by atoms with Gasteiger partial charge in [0.25, 0.3) is 0 Å². The fourth-order valence-electron chi connectivity index (χ4n) is 1.53. The van der Waals surface area contributed by atoms with E-state index in [1.54, 1.807) is 0 Å². The third kappa shape index (κ3) is 0.744. The number of hydrogen-bond donors (Lipinski definition) is 3. The molecule has 0 spiro atoms. The number of aliphatic hydroxyl groups is 2. The second-order valence-electron chi connectivity index (χ2n) is 2.92. The zero-order valence-corrected chi connectivity index (χ0v) is 5.67. The summed E-state index contributed by atoms with van der Waals surface area (Å²) in [4.78, 5) is 0. The Kier molecular flexibility index (Phi) is 1.22. The molecular weight excluding hydrogens is 130 g/mol. The smallest absolute Gasteiger partial charge is 0.0955 e.